The Labute approximate surface area is 115 Å². The van der Waals surface area contributed by atoms with Crippen molar-refractivity contribution in [3.8, 4) is 0 Å². The smallest absolute Gasteiger partial charge is 0.280 e. The minimum atomic E-state index is -0.199. The highest BCUT2D eigenvalue weighted by Gasteiger charge is 2.09. The summed E-state index contributed by atoms with van der Waals surface area (Å²) in [5, 5.41) is 9.42. The van der Waals surface area contributed by atoms with E-state index in [-0.39, 0.29) is 5.56 Å². The summed E-state index contributed by atoms with van der Waals surface area (Å²) in [4.78, 5) is 13.8. The second kappa shape index (κ2) is 6.89. The van der Waals surface area contributed by atoms with Gasteiger partial charge in [-0.2, -0.15) is 5.10 Å². The molecule has 0 aromatic carbocycles. The molecule has 0 unspecified atom stereocenters. The van der Waals surface area contributed by atoms with Gasteiger partial charge in [0.05, 0.1) is 11.9 Å². The minimum Gasteiger partial charge on any atom is -0.381 e. The van der Waals surface area contributed by atoms with Crippen LogP contribution in [-0.2, 0) is 0 Å². The highest BCUT2D eigenvalue weighted by Crippen LogP contribution is 2.15. The third-order valence-corrected chi connectivity index (χ3v) is 4.03. The van der Waals surface area contributed by atoms with E-state index in [0.29, 0.717) is 4.47 Å². The highest BCUT2D eigenvalue weighted by atomic mass is 79.9. The Morgan fingerprint density at radius 2 is 2.06 bits per heavy atom. The van der Waals surface area contributed by atoms with Crippen molar-refractivity contribution in [1.29, 1.82) is 0 Å². The molecule has 1 saturated heterocycles. The third-order valence-electron chi connectivity index (χ3n) is 3.24. The Hall–Kier alpha value is -0.880. The normalized spacial score (nSPS) is 17.4. The van der Waals surface area contributed by atoms with Crippen LogP contribution < -0.4 is 10.9 Å². The monoisotopic (exact) mass is 314 g/mol. The van der Waals surface area contributed by atoms with Gasteiger partial charge in [0, 0.05) is 13.1 Å². The largest absolute Gasteiger partial charge is 0.381 e. The first-order valence-corrected chi connectivity index (χ1v) is 7.26. The van der Waals surface area contributed by atoms with Gasteiger partial charge in [-0.1, -0.05) is 12.8 Å². The van der Waals surface area contributed by atoms with Crippen LogP contribution in [0.4, 0.5) is 5.69 Å². The van der Waals surface area contributed by atoms with Gasteiger partial charge in [0.15, 0.2) is 0 Å². The van der Waals surface area contributed by atoms with Gasteiger partial charge in [-0.05, 0) is 41.9 Å². The minimum absolute atomic E-state index is 0.199. The number of nitrogens with zero attached hydrogens (tertiary/aromatic N) is 2. The van der Waals surface area contributed by atoms with Crippen LogP contribution in [0.15, 0.2) is 15.5 Å². The van der Waals surface area contributed by atoms with Gasteiger partial charge in [-0.25, -0.2) is 5.10 Å². The SMILES string of the molecule is O=c1[nH]ncc(NCCN2CCCCCC2)c1Br. The molecule has 1 aliphatic rings. The van der Waals surface area contributed by atoms with Crippen molar-refractivity contribution in [3.05, 3.63) is 21.0 Å². The van der Waals surface area contributed by atoms with Crippen molar-refractivity contribution in [1.82, 2.24) is 15.1 Å². The molecule has 18 heavy (non-hydrogen) atoms. The van der Waals surface area contributed by atoms with E-state index in [9.17, 15) is 4.79 Å². The summed E-state index contributed by atoms with van der Waals surface area (Å²) >= 11 is 3.26. The van der Waals surface area contributed by atoms with Gasteiger partial charge in [0.1, 0.15) is 4.47 Å². The molecule has 0 radical (unpaired) electrons. The summed E-state index contributed by atoms with van der Waals surface area (Å²) in [7, 11) is 0. The lowest BCUT2D eigenvalue weighted by molar-refractivity contribution is 0.296. The van der Waals surface area contributed by atoms with Gasteiger partial charge in [-0.15, -0.1) is 0 Å². The van der Waals surface area contributed by atoms with Crippen molar-refractivity contribution in [2.24, 2.45) is 0 Å². The molecule has 2 rings (SSSR count). The molecule has 0 spiro atoms. The van der Waals surface area contributed by atoms with E-state index in [2.05, 4.69) is 36.3 Å². The maximum absolute atomic E-state index is 11.3. The van der Waals surface area contributed by atoms with Crippen LogP contribution in [-0.4, -0.2) is 41.3 Å². The molecule has 0 aliphatic carbocycles. The van der Waals surface area contributed by atoms with E-state index < -0.39 is 0 Å². The highest BCUT2D eigenvalue weighted by molar-refractivity contribution is 9.10. The molecule has 1 fully saturated rings. The molecular formula is C12H19BrN4O. The molecule has 0 bridgehead atoms. The summed E-state index contributed by atoms with van der Waals surface area (Å²) in [6, 6.07) is 0. The summed E-state index contributed by atoms with van der Waals surface area (Å²) in [5.41, 5.74) is 0.559. The average molecular weight is 315 g/mol. The van der Waals surface area contributed by atoms with E-state index in [4.69, 9.17) is 0 Å². The Balaban J connectivity index is 1.80. The van der Waals surface area contributed by atoms with Gasteiger partial charge in [-0.3, -0.25) is 4.79 Å². The number of likely N-dealkylation sites (tertiary alicyclic amines) is 1. The molecule has 100 valence electrons. The molecule has 5 nitrogen and oxygen atoms in total. The molecular weight excluding hydrogens is 296 g/mol. The van der Waals surface area contributed by atoms with E-state index in [1.807, 2.05) is 0 Å². The number of hydrogen-bond donors (Lipinski definition) is 2. The van der Waals surface area contributed by atoms with Crippen LogP contribution >= 0.6 is 15.9 Å². The summed E-state index contributed by atoms with van der Waals surface area (Å²) in [5.74, 6) is 0. The Morgan fingerprint density at radius 1 is 1.33 bits per heavy atom. The molecule has 6 heteroatoms. The van der Waals surface area contributed by atoms with Gasteiger partial charge < -0.3 is 10.2 Å². The lowest BCUT2D eigenvalue weighted by atomic mass is 10.2. The average Bonchev–Trinajstić information content (AvgIpc) is 2.63. The Morgan fingerprint density at radius 3 is 2.78 bits per heavy atom. The van der Waals surface area contributed by atoms with Crippen molar-refractivity contribution >= 4 is 21.6 Å². The zero-order valence-corrected chi connectivity index (χ0v) is 12.0. The number of nitrogens with one attached hydrogen (secondary N) is 2. The van der Waals surface area contributed by atoms with E-state index in [1.54, 1.807) is 6.20 Å². The second-order valence-electron chi connectivity index (χ2n) is 4.61. The summed E-state index contributed by atoms with van der Waals surface area (Å²) < 4.78 is 0.522. The number of rotatable bonds is 4. The van der Waals surface area contributed by atoms with Crippen molar-refractivity contribution < 1.29 is 0 Å². The fourth-order valence-corrected chi connectivity index (χ4v) is 2.55. The fourth-order valence-electron chi connectivity index (χ4n) is 2.22. The van der Waals surface area contributed by atoms with Crippen LogP contribution in [0.2, 0.25) is 0 Å². The fraction of sp³-hybridized carbons (Fsp3) is 0.667. The number of hydrogen-bond acceptors (Lipinski definition) is 4. The first kappa shape index (κ1) is 13.5. The van der Waals surface area contributed by atoms with Crippen LogP contribution in [0.5, 0.6) is 0 Å². The third kappa shape index (κ3) is 3.81. The van der Waals surface area contributed by atoms with Crippen LogP contribution in [0.1, 0.15) is 25.7 Å². The number of halogens is 1. The van der Waals surface area contributed by atoms with Crippen LogP contribution in [0.25, 0.3) is 0 Å². The molecule has 0 atom stereocenters. The number of aromatic amines is 1. The second-order valence-corrected chi connectivity index (χ2v) is 5.40. The Bertz CT molecular complexity index is 426. The van der Waals surface area contributed by atoms with Gasteiger partial charge in [0.25, 0.3) is 5.56 Å². The summed E-state index contributed by atoms with van der Waals surface area (Å²) in [6.07, 6.45) is 6.95. The maximum Gasteiger partial charge on any atom is 0.280 e. The molecule has 2 N–H and O–H groups in total. The zero-order valence-electron chi connectivity index (χ0n) is 10.4. The van der Waals surface area contributed by atoms with E-state index >= 15 is 0 Å². The Kier molecular flexibility index (Phi) is 5.19. The van der Waals surface area contributed by atoms with E-state index in [1.165, 1.54) is 38.8 Å². The number of aromatic nitrogens is 2. The quantitative estimate of drug-likeness (QED) is 0.890. The van der Waals surface area contributed by atoms with E-state index in [0.717, 1.165) is 18.8 Å². The standard InChI is InChI=1S/C12H19BrN4O/c13-11-10(9-15-16-12(11)18)14-5-8-17-6-3-1-2-4-7-17/h9H,1-8H2,(H2,14,16,18). The number of H-pyrrole nitrogens is 1. The lowest BCUT2D eigenvalue weighted by Gasteiger charge is -2.20. The molecule has 0 amide bonds. The van der Waals surface area contributed by atoms with Crippen LogP contribution in [0, 0.1) is 0 Å². The van der Waals surface area contributed by atoms with Crippen LogP contribution in [0.3, 0.4) is 0 Å². The molecule has 1 aliphatic heterocycles. The van der Waals surface area contributed by atoms with Gasteiger partial charge in [0.2, 0.25) is 0 Å². The van der Waals surface area contributed by atoms with Gasteiger partial charge >= 0.3 is 0 Å². The first-order valence-electron chi connectivity index (χ1n) is 6.47. The summed E-state index contributed by atoms with van der Waals surface area (Å²) in [6.45, 7) is 4.23. The number of anilines is 1. The van der Waals surface area contributed by atoms with Crippen molar-refractivity contribution in [2.45, 2.75) is 25.7 Å². The first-order chi connectivity index (χ1) is 8.77. The zero-order chi connectivity index (χ0) is 12.8. The molecule has 2 heterocycles. The van der Waals surface area contributed by atoms with Crippen molar-refractivity contribution in [3.63, 3.8) is 0 Å². The molecule has 0 saturated carbocycles. The molecule has 1 aromatic heterocycles. The lowest BCUT2D eigenvalue weighted by Crippen LogP contribution is -2.30. The predicted molar refractivity (Wildman–Crippen MR) is 76.0 cm³/mol. The maximum atomic E-state index is 11.3. The topological polar surface area (TPSA) is 61.0 Å². The predicted octanol–water partition coefficient (Wildman–Crippen LogP) is 1.82. The van der Waals surface area contributed by atoms with Crippen molar-refractivity contribution in [2.75, 3.05) is 31.5 Å². The molecule has 1 aromatic rings.